The lowest BCUT2D eigenvalue weighted by Gasteiger charge is -2.07. The minimum atomic E-state index is -0.0711. The number of rotatable bonds is 5. The summed E-state index contributed by atoms with van der Waals surface area (Å²) in [6, 6.07) is 18.8. The van der Waals surface area contributed by atoms with Crippen molar-refractivity contribution in [3.05, 3.63) is 65.7 Å². The second-order valence-electron chi connectivity index (χ2n) is 4.31. The Morgan fingerprint density at radius 1 is 1.05 bits per heavy atom. The molecule has 4 nitrogen and oxygen atoms in total. The number of nitrogens with zero attached hydrogens (tertiary/aromatic N) is 1. The van der Waals surface area contributed by atoms with Gasteiger partial charge < -0.3 is 10.6 Å². The first kappa shape index (κ1) is 13.6. The monoisotopic (exact) mass is 265 g/mol. The van der Waals surface area contributed by atoms with E-state index in [1.807, 2.05) is 42.5 Å². The molecule has 0 atom stereocenters. The van der Waals surface area contributed by atoms with E-state index in [-0.39, 0.29) is 12.5 Å². The Morgan fingerprint density at radius 2 is 1.75 bits per heavy atom. The van der Waals surface area contributed by atoms with Crippen LogP contribution in [0.25, 0.3) is 0 Å². The number of carbonyl (C=O) groups excluding carboxylic acids is 1. The quantitative estimate of drug-likeness (QED) is 0.871. The van der Waals surface area contributed by atoms with Crippen LogP contribution in [0.2, 0.25) is 0 Å². The van der Waals surface area contributed by atoms with E-state index in [1.165, 1.54) is 0 Å². The largest absolute Gasteiger partial charge is 0.376 e. The summed E-state index contributed by atoms with van der Waals surface area (Å²) in [5.41, 5.74) is 2.50. The van der Waals surface area contributed by atoms with Crippen LogP contribution in [0.15, 0.2) is 54.6 Å². The van der Waals surface area contributed by atoms with E-state index in [1.54, 1.807) is 12.1 Å². The van der Waals surface area contributed by atoms with E-state index in [4.69, 9.17) is 5.26 Å². The molecule has 100 valence electrons. The summed E-state index contributed by atoms with van der Waals surface area (Å²) in [5.74, 6) is -0.0711. The molecule has 0 aromatic heterocycles. The maximum atomic E-state index is 11.7. The number of carbonyl (C=O) groups is 1. The smallest absolute Gasteiger partial charge is 0.239 e. The summed E-state index contributed by atoms with van der Waals surface area (Å²) in [6.45, 7) is 0.696. The number of nitrogens with one attached hydrogen (secondary N) is 2. The lowest BCUT2D eigenvalue weighted by molar-refractivity contribution is -0.119. The van der Waals surface area contributed by atoms with Crippen molar-refractivity contribution in [3.8, 4) is 6.07 Å². The zero-order valence-electron chi connectivity index (χ0n) is 11.0. The molecule has 2 aromatic carbocycles. The minimum absolute atomic E-state index is 0.0711. The zero-order valence-corrected chi connectivity index (χ0v) is 11.0. The molecule has 1 amide bonds. The Bertz CT molecular complexity index is 600. The number of hydrogen-bond donors (Lipinski definition) is 2. The average Bonchev–Trinajstić information content (AvgIpc) is 2.52. The number of nitriles is 1. The molecule has 0 bridgehead atoms. The number of anilines is 1. The van der Waals surface area contributed by atoms with Crippen LogP contribution in [0, 0.1) is 11.3 Å². The first-order chi connectivity index (χ1) is 9.78. The molecular weight excluding hydrogens is 250 g/mol. The molecule has 0 saturated carbocycles. The van der Waals surface area contributed by atoms with Gasteiger partial charge in [0.2, 0.25) is 5.91 Å². The fourth-order valence-corrected chi connectivity index (χ4v) is 1.70. The lowest BCUT2D eigenvalue weighted by Crippen LogP contribution is -2.29. The zero-order chi connectivity index (χ0) is 14.2. The van der Waals surface area contributed by atoms with Crippen LogP contribution in [-0.4, -0.2) is 12.5 Å². The number of benzene rings is 2. The first-order valence-electron chi connectivity index (χ1n) is 6.32. The standard InChI is InChI=1S/C16H15N3O/c17-10-13-6-8-14(9-7-13)11-19-16(20)12-18-15-4-2-1-3-5-15/h1-9,18H,11-12H2,(H,19,20). The van der Waals surface area contributed by atoms with Gasteiger partial charge in [0, 0.05) is 12.2 Å². The van der Waals surface area contributed by atoms with E-state index in [0.29, 0.717) is 12.1 Å². The highest BCUT2D eigenvalue weighted by Gasteiger charge is 2.01. The molecule has 2 aromatic rings. The van der Waals surface area contributed by atoms with Gasteiger partial charge in [0.25, 0.3) is 0 Å². The summed E-state index contributed by atoms with van der Waals surface area (Å²) >= 11 is 0. The summed E-state index contributed by atoms with van der Waals surface area (Å²) < 4.78 is 0. The molecular formula is C16H15N3O. The van der Waals surface area contributed by atoms with Crippen molar-refractivity contribution < 1.29 is 4.79 Å². The van der Waals surface area contributed by atoms with Crippen molar-refractivity contribution >= 4 is 11.6 Å². The van der Waals surface area contributed by atoms with Gasteiger partial charge in [-0.2, -0.15) is 5.26 Å². The molecule has 2 rings (SSSR count). The van der Waals surface area contributed by atoms with Crippen LogP contribution in [0.5, 0.6) is 0 Å². The van der Waals surface area contributed by atoms with Crippen LogP contribution in [-0.2, 0) is 11.3 Å². The van der Waals surface area contributed by atoms with Crippen molar-refractivity contribution in [2.75, 3.05) is 11.9 Å². The third-order valence-electron chi connectivity index (χ3n) is 2.80. The highest BCUT2D eigenvalue weighted by atomic mass is 16.1. The Labute approximate surface area is 118 Å². The molecule has 0 aliphatic rings. The van der Waals surface area contributed by atoms with Gasteiger partial charge in [0.1, 0.15) is 0 Å². The maximum Gasteiger partial charge on any atom is 0.239 e. The van der Waals surface area contributed by atoms with E-state index in [0.717, 1.165) is 11.3 Å². The van der Waals surface area contributed by atoms with Crippen LogP contribution < -0.4 is 10.6 Å². The van der Waals surface area contributed by atoms with Crippen LogP contribution in [0.1, 0.15) is 11.1 Å². The third kappa shape index (κ3) is 4.14. The van der Waals surface area contributed by atoms with Gasteiger partial charge >= 0.3 is 0 Å². The second-order valence-corrected chi connectivity index (χ2v) is 4.31. The van der Waals surface area contributed by atoms with Crippen LogP contribution >= 0.6 is 0 Å². The second kappa shape index (κ2) is 6.95. The van der Waals surface area contributed by atoms with Gasteiger partial charge in [0.15, 0.2) is 0 Å². The van der Waals surface area contributed by atoms with Crippen LogP contribution in [0.3, 0.4) is 0 Å². The number of amides is 1. The number of para-hydroxylation sites is 1. The fourth-order valence-electron chi connectivity index (χ4n) is 1.70. The Hall–Kier alpha value is -2.80. The lowest BCUT2D eigenvalue weighted by atomic mass is 10.1. The Kier molecular flexibility index (Phi) is 4.74. The molecule has 0 unspecified atom stereocenters. The summed E-state index contributed by atoms with van der Waals surface area (Å²) in [5, 5.41) is 14.6. The topological polar surface area (TPSA) is 64.9 Å². The van der Waals surface area contributed by atoms with Gasteiger partial charge in [-0.15, -0.1) is 0 Å². The van der Waals surface area contributed by atoms with Crippen LogP contribution in [0.4, 0.5) is 5.69 Å². The molecule has 0 heterocycles. The van der Waals surface area contributed by atoms with Crippen molar-refractivity contribution in [1.82, 2.24) is 5.32 Å². The Balaban J connectivity index is 1.76. The fraction of sp³-hybridized carbons (Fsp3) is 0.125. The van der Waals surface area contributed by atoms with E-state index >= 15 is 0 Å². The molecule has 0 aliphatic carbocycles. The van der Waals surface area contributed by atoms with Crippen molar-refractivity contribution in [1.29, 1.82) is 5.26 Å². The van der Waals surface area contributed by atoms with Gasteiger partial charge in [-0.3, -0.25) is 4.79 Å². The molecule has 2 N–H and O–H groups in total. The van der Waals surface area contributed by atoms with E-state index in [9.17, 15) is 4.79 Å². The highest BCUT2D eigenvalue weighted by Crippen LogP contribution is 2.04. The Morgan fingerprint density at radius 3 is 2.40 bits per heavy atom. The van der Waals surface area contributed by atoms with Gasteiger partial charge in [0.05, 0.1) is 18.2 Å². The van der Waals surface area contributed by atoms with Gasteiger partial charge in [-0.05, 0) is 29.8 Å². The van der Waals surface area contributed by atoms with Crippen molar-refractivity contribution in [3.63, 3.8) is 0 Å². The van der Waals surface area contributed by atoms with Crippen molar-refractivity contribution in [2.24, 2.45) is 0 Å². The van der Waals surface area contributed by atoms with Gasteiger partial charge in [-0.1, -0.05) is 30.3 Å². The molecule has 0 radical (unpaired) electrons. The van der Waals surface area contributed by atoms with E-state index in [2.05, 4.69) is 16.7 Å². The summed E-state index contributed by atoms with van der Waals surface area (Å²) in [7, 11) is 0. The predicted molar refractivity (Wildman–Crippen MR) is 77.9 cm³/mol. The van der Waals surface area contributed by atoms with Gasteiger partial charge in [-0.25, -0.2) is 0 Å². The van der Waals surface area contributed by atoms with E-state index < -0.39 is 0 Å². The summed E-state index contributed by atoms with van der Waals surface area (Å²) in [6.07, 6.45) is 0. The number of hydrogen-bond acceptors (Lipinski definition) is 3. The molecule has 0 saturated heterocycles. The van der Waals surface area contributed by atoms with Crippen molar-refractivity contribution in [2.45, 2.75) is 6.54 Å². The normalized spacial score (nSPS) is 9.55. The summed E-state index contributed by atoms with van der Waals surface area (Å²) in [4.78, 5) is 11.7. The molecule has 20 heavy (non-hydrogen) atoms. The first-order valence-corrected chi connectivity index (χ1v) is 6.32. The highest BCUT2D eigenvalue weighted by molar-refractivity contribution is 5.80. The minimum Gasteiger partial charge on any atom is -0.376 e. The maximum absolute atomic E-state index is 11.7. The predicted octanol–water partition coefficient (Wildman–Crippen LogP) is 2.29. The molecule has 0 spiro atoms. The average molecular weight is 265 g/mol. The molecule has 0 fully saturated rings. The third-order valence-corrected chi connectivity index (χ3v) is 2.80. The molecule has 4 heteroatoms. The molecule has 0 aliphatic heterocycles. The SMILES string of the molecule is N#Cc1ccc(CNC(=O)CNc2ccccc2)cc1.